The number of nitrogens with zero attached hydrogens (tertiary/aromatic N) is 1. The van der Waals surface area contributed by atoms with E-state index in [1.807, 2.05) is 0 Å². The fourth-order valence-corrected chi connectivity index (χ4v) is 4.89. The van der Waals surface area contributed by atoms with Gasteiger partial charge in [-0.3, -0.25) is 0 Å². The first kappa shape index (κ1) is 17.7. The van der Waals surface area contributed by atoms with Gasteiger partial charge in [0.1, 0.15) is 0 Å². The Morgan fingerprint density at radius 2 is 1.58 bits per heavy atom. The molecule has 0 aliphatic heterocycles. The third kappa shape index (κ3) is 3.14. The van der Waals surface area contributed by atoms with Crippen molar-refractivity contribution in [1.29, 1.82) is 0 Å². The van der Waals surface area contributed by atoms with Crippen LogP contribution < -0.4 is 24.0 Å². The van der Waals surface area contributed by atoms with E-state index in [2.05, 4.69) is 34.6 Å². The lowest BCUT2D eigenvalue weighted by atomic mass is 9.45. The second kappa shape index (κ2) is 6.64. The molecule has 0 aromatic rings. The van der Waals surface area contributed by atoms with E-state index in [0.717, 1.165) is 17.8 Å². The normalized spacial score (nSPS) is 32.4. The molecule has 0 aromatic carbocycles. The fraction of sp³-hybridized carbons (Fsp3) is 1.00. The van der Waals surface area contributed by atoms with Crippen LogP contribution in [0.3, 0.4) is 0 Å². The van der Waals surface area contributed by atoms with Crippen molar-refractivity contribution in [2.24, 2.45) is 23.2 Å². The summed E-state index contributed by atoms with van der Waals surface area (Å²) in [6.07, 6.45) is 6.06. The average molecular weight is 379 g/mol. The number of quaternary nitrogens is 1. The first-order valence-corrected chi connectivity index (χ1v) is 8.34. The summed E-state index contributed by atoms with van der Waals surface area (Å²) in [6, 6.07) is 0. The van der Waals surface area contributed by atoms with Crippen LogP contribution in [0.15, 0.2) is 0 Å². The Kier molecular flexibility index (Phi) is 6.20. The molecule has 0 saturated heterocycles. The number of hydrogen-bond donors (Lipinski definition) is 0. The standard InChI is InChI=1S/C17H34N.HI/c1-6-18(7-2,8-3)12-11-14-9-10-15-13-16(14)17(15,4)5;/h14-16H,6-13H2,1-5H3;1H/q+1;/p-1. The van der Waals surface area contributed by atoms with E-state index < -0.39 is 0 Å². The summed E-state index contributed by atoms with van der Waals surface area (Å²) >= 11 is 0. The van der Waals surface area contributed by atoms with E-state index in [1.165, 1.54) is 49.9 Å². The molecular weight excluding hydrogens is 345 g/mol. The predicted octanol–water partition coefficient (Wildman–Crippen LogP) is 1.33. The smallest absolute Gasteiger partial charge is 0.0789 e. The minimum absolute atomic E-state index is 0. The summed E-state index contributed by atoms with van der Waals surface area (Å²) in [5.41, 5.74) is 0.670. The Hall–Kier alpha value is 0.690. The van der Waals surface area contributed by atoms with Gasteiger partial charge in [0.2, 0.25) is 0 Å². The lowest BCUT2D eigenvalue weighted by Gasteiger charge is -2.60. The summed E-state index contributed by atoms with van der Waals surface area (Å²) in [5, 5.41) is 0. The monoisotopic (exact) mass is 379 g/mol. The summed E-state index contributed by atoms with van der Waals surface area (Å²) in [6.45, 7) is 17.5. The highest BCUT2D eigenvalue weighted by Crippen LogP contribution is 2.62. The lowest BCUT2D eigenvalue weighted by Crippen LogP contribution is -3.00. The molecule has 114 valence electrons. The van der Waals surface area contributed by atoms with E-state index in [9.17, 15) is 0 Å². The minimum Gasteiger partial charge on any atom is -1.00 e. The van der Waals surface area contributed by atoms with Gasteiger partial charge in [-0.25, -0.2) is 0 Å². The van der Waals surface area contributed by atoms with Crippen molar-refractivity contribution in [1.82, 2.24) is 0 Å². The molecule has 3 atom stereocenters. The van der Waals surface area contributed by atoms with Gasteiger partial charge in [-0.15, -0.1) is 0 Å². The molecule has 2 heteroatoms. The molecule has 0 spiro atoms. The van der Waals surface area contributed by atoms with Gasteiger partial charge in [-0.1, -0.05) is 13.8 Å². The highest BCUT2D eigenvalue weighted by Gasteiger charge is 2.54. The molecular formula is C17H34IN. The summed E-state index contributed by atoms with van der Waals surface area (Å²) in [7, 11) is 0. The zero-order valence-electron chi connectivity index (χ0n) is 13.7. The largest absolute Gasteiger partial charge is 1.00 e. The van der Waals surface area contributed by atoms with Crippen molar-refractivity contribution in [2.75, 3.05) is 26.2 Å². The Morgan fingerprint density at radius 1 is 1.00 bits per heavy atom. The highest BCUT2D eigenvalue weighted by molar-refractivity contribution is 5.03. The third-order valence-electron chi connectivity index (χ3n) is 6.99. The molecule has 0 radical (unpaired) electrons. The van der Waals surface area contributed by atoms with Gasteiger partial charge < -0.3 is 28.5 Å². The van der Waals surface area contributed by atoms with Gasteiger partial charge in [0.15, 0.2) is 0 Å². The van der Waals surface area contributed by atoms with Crippen molar-refractivity contribution < 1.29 is 28.5 Å². The molecule has 3 saturated carbocycles. The SMILES string of the molecule is CC[N+](CC)(CC)CCC1CCC2CC1C2(C)C.[I-]. The van der Waals surface area contributed by atoms with E-state index in [0.29, 0.717) is 5.41 Å². The van der Waals surface area contributed by atoms with Gasteiger partial charge in [-0.05, 0) is 69.6 Å². The molecule has 19 heavy (non-hydrogen) atoms. The third-order valence-corrected chi connectivity index (χ3v) is 6.99. The maximum Gasteiger partial charge on any atom is 0.0789 e. The molecule has 1 nitrogen and oxygen atoms in total. The first-order chi connectivity index (χ1) is 8.49. The topological polar surface area (TPSA) is 0 Å². The minimum atomic E-state index is 0. The van der Waals surface area contributed by atoms with Crippen molar-refractivity contribution in [2.45, 2.75) is 60.3 Å². The van der Waals surface area contributed by atoms with Gasteiger partial charge in [0.25, 0.3) is 0 Å². The van der Waals surface area contributed by atoms with E-state index in [4.69, 9.17) is 0 Å². The zero-order chi connectivity index (χ0) is 13.4. The van der Waals surface area contributed by atoms with Crippen molar-refractivity contribution >= 4 is 0 Å². The van der Waals surface area contributed by atoms with Crippen molar-refractivity contribution in [3.63, 3.8) is 0 Å². The van der Waals surface area contributed by atoms with Crippen LogP contribution in [0.5, 0.6) is 0 Å². The molecule has 3 aliphatic carbocycles. The Bertz CT molecular complexity index is 273. The molecule has 0 aromatic heterocycles. The van der Waals surface area contributed by atoms with Gasteiger partial charge in [0, 0.05) is 0 Å². The van der Waals surface area contributed by atoms with Crippen molar-refractivity contribution in [3.05, 3.63) is 0 Å². The van der Waals surface area contributed by atoms with Crippen LogP contribution in [0, 0.1) is 23.2 Å². The summed E-state index contributed by atoms with van der Waals surface area (Å²) in [5.74, 6) is 3.14. The van der Waals surface area contributed by atoms with Crippen molar-refractivity contribution in [3.8, 4) is 0 Å². The molecule has 0 heterocycles. The van der Waals surface area contributed by atoms with Crippen LogP contribution in [0.2, 0.25) is 0 Å². The van der Waals surface area contributed by atoms with E-state index in [-0.39, 0.29) is 24.0 Å². The molecule has 3 unspecified atom stereocenters. The number of halogens is 1. The Morgan fingerprint density at radius 3 is 2.00 bits per heavy atom. The van der Waals surface area contributed by atoms with Gasteiger partial charge >= 0.3 is 0 Å². The van der Waals surface area contributed by atoms with E-state index >= 15 is 0 Å². The number of fused-ring (bicyclic) bond motifs is 2. The van der Waals surface area contributed by atoms with Gasteiger partial charge in [-0.2, -0.15) is 0 Å². The molecule has 0 amide bonds. The van der Waals surface area contributed by atoms with Crippen LogP contribution >= 0.6 is 0 Å². The van der Waals surface area contributed by atoms with E-state index in [1.54, 1.807) is 6.42 Å². The molecule has 3 fully saturated rings. The summed E-state index contributed by atoms with van der Waals surface area (Å²) in [4.78, 5) is 0. The second-order valence-electron chi connectivity index (χ2n) is 7.50. The highest BCUT2D eigenvalue weighted by atomic mass is 127. The maximum atomic E-state index is 2.53. The average Bonchev–Trinajstić information content (AvgIpc) is 2.41. The Balaban J connectivity index is 0.00000180. The zero-order valence-corrected chi connectivity index (χ0v) is 15.9. The summed E-state index contributed by atoms with van der Waals surface area (Å²) < 4.78 is 1.34. The van der Waals surface area contributed by atoms with Gasteiger partial charge in [0.05, 0.1) is 26.2 Å². The quantitative estimate of drug-likeness (QED) is 0.483. The second-order valence-corrected chi connectivity index (χ2v) is 7.50. The van der Waals surface area contributed by atoms with Crippen LogP contribution in [0.1, 0.15) is 60.3 Å². The number of hydrogen-bond acceptors (Lipinski definition) is 0. The fourth-order valence-electron chi connectivity index (χ4n) is 4.89. The predicted molar refractivity (Wildman–Crippen MR) is 79.5 cm³/mol. The molecule has 0 N–H and O–H groups in total. The Labute approximate surface area is 138 Å². The lowest BCUT2D eigenvalue weighted by molar-refractivity contribution is -0.923. The maximum absolute atomic E-state index is 2.53. The molecule has 2 bridgehead atoms. The van der Waals surface area contributed by atoms with Crippen LogP contribution in [0.4, 0.5) is 0 Å². The molecule has 3 aliphatic rings. The van der Waals surface area contributed by atoms with Crippen LogP contribution in [-0.2, 0) is 0 Å². The van der Waals surface area contributed by atoms with Crippen LogP contribution in [0.25, 0.3) is 0 Å². The first-order valence-electron chi connectivity index (χ1n) is 8.34. The molecule has 3 rings (SSSR count). The number of rotatable bonds is 6. The van der Waals surface area contributed by atoms with Crippen LogP contribution in [-0.4, -0.2) is 30.7 Å².